The third-order valence-electron chi connectivity index (χ3n) is 3.49. The normalized spacial score (nSPS) is 12.6. The van der Waals surface area contributed by atoms with Crippen LogP contribution in [0, 0.1) is 11.6 Å². The lowest BCUT2D eigenvalue weighted by molar-refractivity contribution is 0.451. The van der Waals surface area contributed by atoms with Crippen LogP contribution in [0.15, 0.2) is 18.2 Å². The smallest absolute Gasteiger partial charge is 0.126 e. The summed E-state index contributed by atoms with van der Waals surface area (Å²) in [4.78, 5) is 0. The van der Waals surface area contributed by atoms with Gasteiger partial charge >= 0.3 is 0 Å². The highest BCUT2D eigenvalue weighted by Crippen LogP contribution is 2.14. The van der Waals surface area contributed by atoms with Gasteiger partial charge in [0.2, 0.25) is 0 Å². The Hall–Kier alpha value is -0.960. The Balaban J connectivity index is 2.53. The predicted octanol–water partition coefficient (Wildman–Crippen LogP) is 4.85. The summed E-state index contributed by atoms with van der Waals surface area (Å²) in [6.45, 7) is 5.28. The molecule has 0 bridgehead atoms. The molecule has 1 unspecified atom stereocenters. The van der Waals surface area contributed by atoms with E-state index in [4.69, 9.17) is 0 Å². The van der Waals surface area contributed by atoms with E-state index in [0.29, 0.717) is 12.5 Å². The van der Waals surface area contributed by atoms with Crippen molar-refractivity contribution in [1.29, 1.82) is 0 Å². The van der Waals surface area contributed by atoms with Gasteiger partial charge in [-0.05, 0) is 43.5 Å². The molecule has 0 saturated carbocycles. The van der Waals surface area contributed by atoms with E-state index in [1.54, 1.807) is 0 Å². The number of unbranched alkanes of at least 4 members (excludes halogenated alkanes) is 3. The fourth-order valence-corrected chi connectivity index (χ4v) is 2.46. The maximum atomic E-state index is 13.2. The molecular formula is C17H27F2N. The molecule has 0 saturated heterocycles. The molecule has 0 heterocycles. The summed E-state index contributed by atoms with van der Waals surface area (Å²) in [6, 6.07) is 4.12. The van der Waals surface area contributed by atoms with Gasteiger partial charge in [-0.3, -0.25) is 0 Å². The molecule has 0 aromatic heterocycles. The van der Waals surface area contributed by atoms with Crippen molar-refractivity contribution in [2.45, 2.75) is 64.8 Å². The zero-order valence-electron chi connectivity index (χ0n) is 12.7. The highest BCUT2D eigenvalue weighted by atomic mass is 19.1. The van der Waals surface area contributed by atoms with Crippen LogP contribution in [0.25, 0.3) is 0 Å². The van der Waals surface area contributed by atoms with Crippen molar-refractivity contribution in [3.8, 4) is 0 Å². The van der Waals surface area contributed by atoms with Gasteiger partial charge in [0.25, 0.3) is 0 Å². The summed E-state index contributed by atoms with van der Waals surface area (Å²) in [5.74, 6) is -0.972. The van der Waals surface area contributed by atoms with Crippen molar-refractivity contribution in [3.63, 3.8) is 0 Å². The van der Waals surface area contributed by atoms with Crippen LogP contribution in [0.2, 0.25) is 0 Å². The average Bonchev–Trinajstić information content (AvgIpc) is 2.39. The van der Waals surface area contributed by atoms with E-state index in [0.717, 1.165) is 31.0 Å². The summed E-state index contributed by atoms with van der Waals surface area (Å²) < 4.78 is 26.4. The van der Waals surface area contributed by atoms with Gasteiger partial charge in [0.15, 0.2) is 0 Å². The molecule has 0 aliphatic carbocycles. The van der Waals surface area contributed by atoms with Gasteiger partial charge in [-0.25, -0.2) is 8.78 Å². The Bertz CT molecular complexity index is 359. The predicted molar refractivity (Wildman–Crippen MR) is 80.9 cm³/mol. The van der Waals surface area contributed by atoms with Crippen LogP contribution >= 0.6 is 0 Å². The molecule has 1 N–H and O–H groups in total. The van der Waals surface area contributed by atoms with Gasteiger partial charge in [0.05, 0.1) is 0 Å². The summed E-state index contributed by atoms with van der Waals surface area (Å²) >= 11 is 0. The third-order valence-corrected chi connectivity index (χ3v) is 3.49. The Kier molecular flexibility index (Phi) is 8.43. The van der Waals surface area contributed by atoms with Gasteiger partial charge < -0.3 is 5.32 Å². The van der Waals surface area contributed by atoms with Gasteiger partial charge in [-0.1, -0.05) is 39.5 Å². The SMILES string of the molecule is CCCCCCC(Cc1cc(F)cc(F)c1)NCCC. The first-order chi connectivity index (χ1) is 9.65. The first-order valence-electron chi connectivity index (χ1n) is 7.84. The van der Waals surface area contributed by atoms with Crippen molar-refractivity contribution in [2.24, 2.45) is 0 Å². The maximum absolute atomic E-state index is 13.2. The lowest BCUT2D eigenvalue weighted by Gasteiger charge is -2.18. The molecule has 20 heavy (non-hydrogen) atoms. The van der Waals surface area contributed by atoms with E-state index in [1.807, 2.05) is 0 Å². The molecule has 3 heteroatoms. The Morgan fingerprint density at radius 1 is 0.950 bits per heavy atom. The lowest BCUT2D eigenvalue weighted by Crippen LogP contribution is -2.31. The van der Waals surface area contributed by atoms with E-state index in [1.165, 1.54) is 37.8 Å². The number of hydrogen-bond acceptors (Lipinski definition) is 1. The quantitative estimate of drug-likeness (QED) is 0.605. The number of nitrogens with one attached hydrogen (secondary N) is 1. The first-order valence-corrected chi connectivity index (χ1v) is 7.84. The number of hydrogen-bond donors (Lipinski definition) is 1. The molecular weight excluding hydrogens is 256 g/mol. The van der Waals surface area contributed by atoms with Gasteiger partial charge in [-0.2, -0.15) is 0 Å². The second-order valence-electron chi connectivity index (χ2n) is 5.48. The standard InChI is InChI=1S/C17H27F2N/c1-3-5-6-7-8-17(20-9-4-2)12-14-10-15(18)13-16(19)11-14/h10-11,13,17,20H,3-9,12H2,1-2H3. The van der Waals surface area contributed by atoms with Crippen molar-refractivity contribution in [2.75, 3.05) is 6.54 Å². The Labute approximate surface area is 121 Å². The van der Waals surface area contributed by atoms with E-state index in [9.17, 15) is 8.78 Å². The van der Waals surface area contributed by atoms with Crippen molar-refractivity contribution in [3.05, 3.63) is 35.4 Å². The average molecular weight is 283 g/mol. The summed E-state index contributed by atoms with van der Waals surface area (Å²) in [5.41, 5.74) is 0.742. The van der Waals surface area contributed by atoms with Crippen molar-refractivity contribution in [1.82, 2.24) is 5.32 Å². The first kappa shape index (κ1) is 17.1. The van der Waals surface area contributed by atoms with Crippen LogP contribution in [0.4, 0.5) is 8.78 Å². The molecule has 0 amide bonds. The minimum atomic E-state index is -0.486. The molecule has 0 aliphatic rings. The molecule has 1 atom stereocenters. The van der Waals surface area contributed by atoms with E-state index in [-0.39, 0.29) is 0 Å². The molecule has 1 rings (SSSR count). The molecule has 1 aromatic rings. The third kappa shape index (κ3) is 6.99. The highest BCUT2D eigenvalue weighted by molar-refractivity contribution is 5.19. The molecule has 0 aliphatic heterocycles. The second-order valence-corrected chi connectivity index (χ2v) is 5.48. The Morgan fingerprint density at radius 2 is 1.65 bits per heavy atom. The van der Waals surface area contributed by atoms with Crippen LogP contribution in [0.1, 0.15) is 57.9 Å². The van der Waals surface area contributed by atoms with E-state index in [2.05, 4.69) is 19.2 Å². The number of benzene rings is 1. The molecule has 1 aromatic carbocycles. The minimum absolute atomic E-state index is 0.313. The molecule has 114 valence electrons. The lowest BCUT2D eigenvalue weighted by atomic mass is 9.99. The summed E-state index contributed by atoms with van der Waals surface area (Å²) in [7, 11) is 0. The van der Waals surface area contributed by atoms with Gasteiger partial charge in [0, 0.05) is 12.1 Å². The van der Waals surface area contributed by atoms with Crippen LogP contribution in [-0.2, 0) is 6.42 Å². The van der Waals surface area contributed by atoms with Crippen LogP contribution < -0.4 is 5.32 Å². The monoisotopic (exact) mass is 283 g/mol. The van der Waals surface area contributed by atoms with Gasteiger partial charge in [0.1, 0.15) is 11.6 Å². The van der Waals surface area contributed by atoms with E-state index >= 15 is 0 Å². The minimum Gasteiger partial charge on any atom is -0.314 e. The van der Waals surface area contributed by atoms with Crippen LogP contribution in [0.3, 0.4) is 0 Å². The van der Waals surface area contributed by atoms with Gasteiger partial charge in [-0.15, -0.1) is 0 Å². The van der Waals surface area contributed by atoms with E-state index < -0.39 is 11.6 Å². The topological polar surface area (TPSA) is 12.0 Å². The maximum Gasteiger partial charge on any atom is 0.126 e. The summed E-state index contributed by atoms with van der Waals surface area (Å²) in [5, 5.41) is 3.49. The van der Waals surface area contributed by atoms with Crippen molar-refractivity contribution >= 4 is 0 Å². The summed E-state index contributed by atoms with van der Waals surface area (Å²) in [6.07, 6.45) is 7.73. The molecule has 0 spiro atoms. The van der Waals surface area contributed by atoms with Crippen molar-refractivity contribution < 1.29 is 8.78 Å². The fourth-order valence-electron chi connectivity index (χ4n) is 2.46. The molecule has 1 nitrogen and oxygen atoms in total. The Morgan fingerprint density at radius 3 is 2.25 bits per heavy atom. The number of rotatable bonds is 10. The zero-order chi connectivity index (χ0) is 14.8. The highest BCUT2D eigenvalue weighted by Gasteiger charge is 2.10. The molecule has 0 radical (unpaired) electrons. The van der Waals surface area contributed by atoms with Crippen LogP contribution in [-0.4, -0.2) is 12.6 Å². The van der Waals surface area contributed by atoms with Crippen LogP contribution in [0.5, 0.6) is 0 Å². The molecule has 0 fully saturated rings. The zero-order valence-corrected chi connectivity index (χ0v) is 12.7. The largest absolute Gasteiger partial charge is 0.314 e. The fraction of sp³-hybridized carbons (Fsp3) is 0.647. The second kappa shape index (κ2) is 9.87. The number of halogens is 2.